The highest BCUT2D eigenvalue weighted by atomic mass is 15.4. The molecule has 1 saturated heterocycles. The SMILES string of the molecule is CN=C(NCc1ccc(Cn2cnc3ccccc32)cc1)N1CCN(c2ccccn2)CC1. The van der Waals surface area contributed by atoms with Crippen LogP contribution in [-0.2, 0) is 13.1 Å². The fourth-order valence-corrected chi connectivity index (χ4v) is 4.30. The Morgan fingerprint density at radius 1 is 0.879 bits per heavy atom. The van der Waals surface area contributed by atoms with E-state index >= 15 is 0 Å². The molecule has 7 nitrogen and oxygen atoms in total. The monoisotopic (exact) mass is 439 g/mol. The van der Waals surface area contributed by atoms with Gasteiger partial charge in [0.2, 0.25) is 0 Å². The van der Waals surface area contributed by atoms with Gasteiger partial charge in [0, 0.05) is 52.5 Å². The summed E-state index contributed by atoms with van der Waals surface area (Å²) in [6, 6.07) is 23.1. The lowest BCUT2D eigenvalue weighted by Crippen LogP contribution is -2.52. The summed E-state index contributed by atoms with van der Waals surface area (Å²) in [4.78, 5) is 18.1. The number of hydrogen-bond donors (Lipinski definition) is 1. The number of aromatic nitrogens is 3. The van der Waals surface area contributed by atoms with E-state index in [4.69, 9.17) is 0 Å². The Kier molecular flexibility index (Phi) is 6.19. The predicted molar refractivity (Wildman–Crippen MR) is 133 cm³/mol. The average molecular weight is 440 g/mol. The fraction of sp³-hybridized carbons (Fsp3) is 0.269. The van der Waals surface area contributed by atoms with E-state index < -0.39 is 0 Å². The van der Waals surface area contributed by atoms with Crippen LogP contribution < -0.4 is 10.2 Å². The van der Waals surface area contributed by atoms with Crippen LogP contribution in [0.1, 0.15) is 11.1 Å². The minimum Gasteiger partial charge on any atom is -0.353 e. The molecule has 0 spiro atoms. The van der Waals surface area contributed by atoms with Crippen molar-refractivity contribution in [3.63, 3.8) is 0 Å². The van der Waals surface area contributed by atoms with Crippen molar-refractivity contribution < 1.29 is 0 Å². The lowest BCUT2D eigenvalue weighted by atomic mass is 10.1. The second kappa shape index (κ2) is 9.73. The maximum atomic E-state index is 4.51. The van der Waals surface area contributed by atoms with Crippen molar-refractivity contribution in [3.05, 3.63) is 90.4 Å². The number of hydrogen-bond acceptors (Lipinski definition) is 4. The summed E-state index contributed by atoms with van der Waals surface area (Å²) >= 11 is 0. The largest absolute Gasteiger partial charge is 0.353 e. The Balaban J connectivity index is 1.14. The van der Waals surface area contributed by atoms with E-state index in [2.05, 4.69) is 77.1 Å². The molecule has 0 unspecified atom stereocenters. The number of rotatable bonds is 5. The lowest BCUT2D eigenvalue weighted by molar-refractivity contribution is 0.371. The molecule has 7 heteroatoms. The first-order valence-electron chi connectivity index (χ1n) is 11.4. The fourth-order valence-electron chi connectivity index (χ4n) is 4.30. The van der Waals surface area contributed by atoms with E-state index in [9.17, 15) is 0 Å². The van der Waals surface area contributed by atoms with Crippen LogP contribution in [0, 0.1) is 0 Å². The minimum absolute atomic E-state index is 0.751. The number of piperazine rings is 1. The van der Waals surface area contributed by atoms with Gasteiger partial charge in [0.1, 0.15) is 5.82 Å². The van der Waals surface area contributed by atoms with Gasteiger partial charge in [-0.15, -0.1) is 0 Å². The third kappa shape index (κ3) is 4.82. The second-order valence-electron chi connectivity index (χ2n) is 8.24. The third-order valence-electron chi connectivity index (χ3n) is 6.12. The van der Waals surface area contributed by atoms with Gasteiger partial charge in [-0.05, 0) is 35.4 Å². The van der Waals surface area contributed by atoms with Crippen LogP contribution >= 0.6 is 0 Å². The van der Waals surface area contributed by atoms with E-state index in [1.807, 2.05) is 43.8 Å². The quantitative estimate of drug-likeness (QED) is 0.382. The zero-order valence-electron chi connectivity index (χ0n) is 18.9. The zero-order chi connectivity index (χ0) is 22.5. The number of benzene rings is 2. The molecule has 0 aliphatic carbocycles. The molecule has 0 amide bonds. The molecule has 2 aromatic heterocycles. The number of nitrogens with one attached hydrogen (secondary N) is 1. The van der Waals surface area contributed by atoms with E-state index in [-0.39, 0.29) is 0 Å². The van der Waals surface area contributed by atoms with Crippen molar-refractivity contribution in [1.29, 1.82) is 0 Å². The van der Waals surface area contributed by atoms with E-state index in [0.29, 0.717) is 0 Å². The number of imidazole rings is 1. The van der Waals surface area contributed by atoms with Crippen LogP contribution in [0.25, 0.3) is 11.0 Å². The maximum Gasteiger partial charge on any atom is 0.194 e. The molecule has 4 aromatic rings. The summed E-state index contributed by atoms with van der Waals surface area (Å²) < 4.78 is 2.19. The van der Waals surface area contributed by atoms with Crippen LogP contribution in [0.3, 0.4) is 0 Å². The summed E-state index contributed by atoms with van der Waals surface area (Å²) in [7, 11) is 1.85. The van der Waals surface area contributed by atoms with Crippen molar-refractivity contribution in [2.75, 3.05) is 38.1 Å². The molecule has 168 valence electrons. The number of aliphatic imine (C=N–C) groups is 1. The summed E-state index contributed by atoms with van der Waals surface area (Å²) in [6.45, 7) is 5.30. The van der Waals surface area contributed by atoms with Gasteiger partial charge in [0.05, 0.1) is 17.4 Å². The van der Waals surface area contributed by atoms with Crippen molar-refractivity contribution >= 4 is 22.8 Å². The molecule has 3 heterocycles. The highest BCUT2D eigenvalue weighted by molar-refractivity contribution is 5.80. The van der Waals surface area contributed by atoms with Crippen LogP contribution in [0.4, 0.5) is 5.82 Å². The Labute approximate surface area is 194 Å². The van der Waals surface area contributed by atoms with Crippen molar-refractivity contribution in [2.45, 2.75) is 13.1 Å². The first-order valence-corrected chi connectivity index (χ1v) is 11.4. The van der Waals surface area contributed by atoms with Crippen LogP contribution in [0.2, 0.25) is 0 Å². The maximum absolute atomic E-state index is 4.51. The van der Waals surface area contributed by atoms with Gasteiger partial charge in [-0.2, -0.15) is 0 Å². The van der Waals surface area contributed by atoms with Crippen LogP contribution in [0.15, 0.2) is 84.2 Å². The predicted octanol–water partition coefficient (Wildman–Crippen LogP) is 3.38. The molecule has 0 radical (unpaired) electrons. The first kappa shape index (κ1) is 21.0. The summed E-state index contributed by atoms with van der Waals surface area (Å²) in [5.74, 6) is 1.99. The van der Waals surface area contributed by atoms with E-state index in [0.717, 1.165) is 62.1 Å². The standard InChI is InChI=1S/C26H29N7/c1-27-26(32-16-14-31(15-17-32)25-8-4-5-13-28-25)29-18-21-9-11-22(12-10-21)19-33-20-30-23-6-2-3-7-24(23)33/h2-13,20H,14-19H2,1H3,(H,27,29). The van der Waals surface area contributed by atoms with Gasteiger partial charge in [0.25, 0.3) is 0 Å². The molecular weight excluding hydrogens is 410 g/mol. The molecule has 0 saturated carbocycles. The van der Waals surface area contributed by atoms with Gasteiger partial charge in [-0.1, -0.05) is 42.5 Å². The van der Waals surface area contributed by atoms with Crippen LogP contribution in [-0.4, -0.2) is 58.6 Å². The van der Waals surface area contributed by atoms with Crippen molar-refractivity contribution in [2.24, 2.45) is 4.99 Å². The molecule has 5 rings (SSSR count). The Morgan fingerprint density at radius 3 is 2.39 bits per heavy atom. The Hall–Kier alpha value is -3.87. The molecule has 1 N–H and O–H groups in total. The number of nitrogens with zero attached hydrogens (tertiary/aromatic N) is 6. The van der Waals surface area contributed by atoms with Crippen molar-refractivity contribution in [1.82, 2.24) is 24.8 Å². The lowest BCUT2D eigenvalue weighted by Gasteiger charge is -2.37. The molecule has 1 aliphatic heterocycles. The molecule has 1 fully saturated rings. The van der Waals surface area contributed by atoms with Crippen LogP contribution in [0.5, 0.6) is 0 Å². The summed E-state index contributed by atoms with van der Waals surface area (Å²) in [5.41, 5.74) is 4.69. The van der Waals surface area contributed by atoms with E-state index in [1.54, 1.807) is 0 Å². The summed E-state index contributed by atoms with van der Waals surface area (Å²) in [6.07, 6.45) is 3.77. The molecule has 0 bridgehead atoms. The first-order chi connectivity index (χ1) is 16.3. The highest BCUT2D eigenvalue weighted by Gasteiger charge is 2.20. The topological polar surface area (TPSA) is 61.6 Å². The molecular formula is C26H29N7. The highest BCUT2D eigenvalue weighted by Crippen LogP contribution is 2.15. The summed E-state index contributed by atoms with van der Waals surface area (Å²) in [5, 5.41) is 3.53. The zero-order valence-corrected chi connectivity index (χ0v) is 18.9. The van der Waals surface area contributed by atoms with Crippen molar-refractivity contribution in [3.8, 4) is 0 Å². The average Bonchev–Trinajstić information content (AvgIpc) is 3.29. The third-order valence-corrected chi connectivity index (χ3v) is 6.12. The molecule has 2 aromatic carbocycles. The smallest absolute Gasteiger partial charge is 0.194 e. The van der Waals surface area contributed by atoms with E-state index in [1.165, 1.54) is 11.1 Å². The Bertz CT molecular complexity index is 1210. The van der Waals surface area contributed by atoms with Gasteiger partial charge < -0.3 is 19.7 Å². The molecule has 1 aliphatic rings. The van der Waals surface area contributed by atoms with Gasteiger partial charge in [-0.3, -0.25) is 4.99 Å². The van der Waals surface area contributed by atoms with Gasteiger partial charge >= 0.3 is 0 Å². The number of pyridine rings is 1. The number of fused-ring (bicyclic) bond motifs is 1. The molecule has 33 heavy (non-hydrogen) atoms. The molecule has 0 atom stereocenters. The van der Waals surface area contributed by atoms with Gasteiger partial charge in [0.15, 0.2) is 5.96 Å². The number of para-hydroxylation sites is 2. The Morgan fingerprint density at radius 2 is 1.64 bits per heavy atom. The normalized spacial score (nSPS) is 14.6. The minimum atomic E-state index is 0.751. The number of anilines is 1. The second-order valence-corrected chi connectivity index (χ2v) is 8.24. The number of guanidine groups is 1. The van der Waals surface area contributed by atoms with Gasteiger partial charge in [-0.25, -0.2) is 9.97 Å².